The fraction of sp³-hybridized carbons (Fsp3) is 0.176. The first-order valence-corrected chi connectivity index (χ1v) is 6.68. The van der Waals surface area contributed by atoms with Gasteiger partial charge in [0.1, 0.15) is 17.1 Å². The molecule has 2 aromatic carbocycles. The van der Waals surface area contributed by atoms with Gasteiger partial charge in [-0.1, -0.05) is 0 Å². The summed E-state index contributed by atoms with van der Waals surface area (Å²) in [5.74, 6) is 0.912. The van der Waals surface area contributed by atoms with Gasteiger partial charge in [0.15, 0.2) is 5.78 Å². The van der Waals surface area contributed by atoms with Gasteiger partial charge in [0.05, 0.1) is 19.6 Å². The molecule has 1 aromatic heterocycles. The van der Waals surface area contributed by atoms with Crippen molar-refractivity contribution in [1.29, 1.82) is 0 Å². The van der Waals surface area contributed by atoms with Crippen LogP contribution < -0.4 is 15.1 Å². The van der Waals surface area contributed by atoms with Gasteiger partial charge in [-0.25, -0.2) is 4.79 Å². The molecule has 22 heavy (non-hydrogen) atoms. The molecule has 0 aliphatic carbocycles. The summed E-state index contributed by atoms with van der Waals surface area (Å²) in [5, 5.41) is 1.67. The number of rotatable bonds is 3. The molecule has 0 bridgehead atoms. The molecule has 0 saturated carbocycles. The van der Waals surface area contributed by atoms with Gasteiger partial charge in [0.25, 0.3) is 0 Å². The van der Waals surface area contributed by atoms with E-state index in [1.807, 2.05) is 0 Å². The molecule has 0 N–H and O–H groups in total. The van der Waals surface area contributed by atoms with E-state index < -0.39 is 5.63 Å². The maximum absolute atomic E-state index is 12.3. The zero-order chi connectivity index (χ0) is 15.9. The van der Waals surface area contributed by atoms with Crippen molar-refractivity contribution in [3.63, 3.8) is 0 Å². The standard InChI is InChI=1S/C17H14O5/c1-9(18)10-6-13-16(15(7-10)21-3)12-5-4-11(20-2)8-14(12)22-17(13)19/h4-8H,1-3H3. The summed E-state index contributed by atoms with van der Waals surface area (Å²) >= 11 is 0. The number of carbonyl (C=O) groups is 1. The van der Waals surface area contributed by atoms with Crippen LogP contribution in [0.1, 0.15) is 17.3 Å². The fourth-order valence-corrected chi connectivity index (χ4v) is 2.49. The van der Waals surface area contributed by atoms with Crippen LogP contribution >= 0.6 is 0 Å². The highest BCUT2D eigenvalue weighted by Gasteiger charge is 2.15. The average Bonchev–Trinajstić information content (AvgIpc) is 2.53. The van der Waals surface area contributed by atoms with Crippen LogP contribution in [0, 0.1) is 0 Å². The molecule has 0 radical (unpaired) electrons. The van der Waals surface area contributed by atoms with Gasteiger partial charge in [-0.2, -0.15) is 0 Å². The molecule has 3 rings (SSSR count). The van der Waals surface area contributed by atoms with Crippen LogP contribution in [0.2, 0.25) is 0 Å². The molecule has 5 nitrogen and oxygen atoms in total. The van der Waals surface area contributed by atoms with Crippen LogP contribution in [0.5, 0.6) is 11.5 Å². The van der Waals surface area contributed by atoms with Crippen LogP contribution in [-0.4, -0.2) is 20.0 Å². The van der Waals surface area contributed by atoms with Crippen molar-refractivity contribution in [1.82, 2.24) is 0 Å². The van der Waals surface area contributed by atoms with E-state index in [-0.39, 0.29) is 5.78 Å². The largest absolute Gasteiger partial charge is 0.497 e. The minimum Gasteiger partial charge on any atom is -0.497 e. The summed E-state index contributed by atoms with van der Waals surface area (Å²) in [6.07, 6.45) is 0. The number of hydrogen-bond acceptors (Lipinski definition) is 5. The molecule has 0 aliphatic rings. The molecule has 0 unspecified atom stereocenters. The molecule has 0 atom stereocenters. The number of ketones is 1. The van der Waals surface area contributed by atoms with Crippen molar-refractivity contribution in [3.8, 4) is 11.5 Å². The normalized spacial score (nSPS) is 10.9. The van der Waals surface area contributed by atoms with Crippen LogP contribution in [0.3, 0.4) is 0 Å². The number of methoxy groups -OCH3 is 2. The quantitative estimate of drug-likeness (QED) is 0.422. The number of carbonyl (C=O) groups excluding carboxylic acids is 1. The number of fused-ring (bicyclic) bond motifs is 3. The van der Waals surface area contributed by atoms with Gasteiger partial charge in [-0.15, -0.1) is 0 Å². The van der Waals surface area contributed by atoms with Crippen molar-refractivity contribution in [2.45, 2.75) is 6.92 Å². The van der Waals surface area contributed by atoms with Crippen LogP contribution in [0.25, 0.3) is 21.7 Å². The second-order valence-corrected chi connectivity index (χ2v) is 4.91. The molecule has 0 spiro atoms. The second-order valence-electron chi connectivity index (χ2n) is 4.91. The van der Waals surface area contributed by atoms with E-state index in [0.29, 0.717) is 33.4 Å². The van der Waals surface area contributed by atoms with Crippen molar-refractivity contribution >= 4 is 27.5 Å². The predicted molar refractivity (Wildman–Crippen MR) is 83.1 cm³/mol. The third-order valence-electron chi connectivity index (χ3n) is 3.61. The van der Waals surface area contributed by atoms with Gasteiger partial charge in [-0.05, 0) is 31.2 Å². The van der Waals surface area contributed by atoms with E-state index in [4.69, 9.17) is 13.9 Å². The molecule has 112 valence electrons. The van der Waals surface area contributed by atoms with Crippen molar-refractivity contribution < 1.29 is 18.7 Å². The first-order chi connectivity index (χ1) is 10.5. The average molecular weight is 298 g/mol. The van der Waals surface area contributed by atoms with Gasteiger partial charge >= 0.3 is 5.63 Å². The lowest BCUT2D eigenvalue weighted by atomic mass is 10.0. The first kappa shape index (κ1) is 14.1. The monoisotopic (exact) mass is 298 g/mol. The Hall–Kier alpha value is -2.82. The molecule has 5 heteroatoms. The van der Waals surface area contributed by atoms with E-state index in [9.17, 15) is 9.59 Å². The molecular weight excluding hydrogens is 284 g/mol. The minimum atomic E-state index is -0.517. The van der Waals surface area contributed by atoms with Gasteiger partial charge in [0.2, 0.25) is 0 Å². The highest BCUT2D eigenvalue weighted by Crippen LogP contribution is 2.33. The van der Waals surface area contributed by atoms with E-state index in [1.54, 1.807) is 31.4 Å². The Balaban J connectivity index is 2.51. The van der Waals surface area contributed by atoms with Crippen molar-refractivity contribution in [3.05, 3.63) is 46.3 Å². The summed E-state index contributed by atoms with van der Waals surface area (Å²) in [7, 11) is 3.04. The Morgan fingerprint density at radius 1 is 1.05 bits per heavy atom. The van der Waals surface area contributed by atoms with Crippen molar-refractivity contribution in [2.75, 3.05) is 14.2 Å². The van der Waals surface area contributed by atoms with Gasteiger partial charge in [-0.3, -0.25) is 4.79 Å². The summed E-state index contributed by atoms with van der Waals surface area (Å²) in [4.78, 5) is 23.9. The lowest BCUT2D eigenvalue weighted by Gasteiger charge is -2.10. The first-order valence-electron chi connectivity index (χ1n) is 6.68. The maximum Gasteiger partial charge on any atom is 0.344 e. The summed E-state index contributed by atoms with van der Waals surface area (Å²) in [6.45, 7) is 1.44. The Morgan fingerprint density at radius 3 is 2.45 bits per heavy atom. The smallest absolute Gasteiger partial charge is 0.344 e. The molecule has 1 heterocycles. The fourth-order valence-electron chi connectivity index (χ4n) is 2.49. The zero-order valence-electron chi connectivity index (χ0n) is 12.4. The lowest BCUT2D eigenvalue weighted by Crippen LogP contribution is -2.04. The second kappa shape index (κ2) is 5.18. The highest BCUT2D eigenvalue weighted by molar-refractivity contribution is 6.10. The Kier molecular flexibility index (Phi) is 3.33. The maximum atomic E-state index is 12.3. The molecule has 0 fully saturated rings. The summed E-state index contributed by atoms with van der Waals surface area (Å²) in [6, 6.07) is 8.40. The number of ether oxygens (including phenoxy) is 2. The minimum absolute atomic E-state index is 0.144. The SMILES string of the molecule is COc1ccc2c(c1)oc(=O)c1cc(C(C)=O)cc(OC)c12. The Labute approximate surface area is 126 Å². The Morgan fingerprint density at radius 2 is 1.82 bits per heavy atom. The summed E-state index contributed by atoms with van der Waals surface area (Å²) < 4.78 is 15.9. The third kappa shape index (κ3) is 2.11. The molecule has 0 amide bonds. The number of hydrogen-bond donors (Lipinski definition) is 0. The van der Waals surface area contributed by atoms with E-state index in [0.717, 1.165) is 5.39 Å². The van der Waals surface area contributed by atoms with E-state index >= 15 is 0 Å². The zero-order valence-corrected chi connectivity index (χ0v) is 12.4. The van der Waals surface area contributed by atoms with E-state index in [1.165, 1.54) is 20.1 Å². The highest BCUT2D eigenvalue weighted by atomic mass is 16.5. The molecular formula is C17H14O5. The number of Topliss-reactive ketones (excluding diaryl/α,β-unsaturated/α-hetero) is 1. The molecule has 0 aliphatic heterocycles. The Bertz CT molecular complexity index is 953. The molecule has 3 aromatic rings. The van der Waals surface area contributed by atoms with Crippen LogP contribution in [0.15, 0.2) is 39.5 Å². The van der Waals surface area contributed by atoms with Crippen LogP contribution in [-0.2, 0) is 0 Å². The van der Waals surface area contributed by atoms with Crippen molar-refractivity contribution in [2.24, 2.45) is 0 Å². The molecule has 0 saturated heterocycles. The predicted octanol–water partition coefficient (Wildman–Crippen LogP) is 3.17. The van der Waals surface area contributed by atoms with Gasteiger partial charge < -0.3 is 13.9 Å². The topological polar surface area (TPSA) is 65.7 Å². The third-order valence-corrected chi connectivity index (χ3v) is 3.61. The number of benzene rings is 2. The van der Waals surface area contributed by atoms with Gasteiger partial charge in [0, 0.05) is 22.4 Å². The van der Waals surface area contributed by atoms with E-state index in [2.05, 4.69) is 0 Å². The van der Waals surface area contributed by atoms with Crippen LogP contribution in [0.4, 0.5) is 0 Å². The lowest BCUT2D eigenvalue weighted by molar-refractivity contribution is 0.101. The summed E-state index contributed by atoms with van der Waals surface area (Å²) in [5.41, 5.74) is 0.299.